The molecule has 0 spiro atoms. The molecule has 0 aromatic carbocycles. The molecule has 29 heavy (non-hydrogen) atoms. The van der Waals surface area contributed by atoms with Crippen molar-refractivity contribution in [1.82, 2.24) is 24.8 Å². The molecule has 2 rings (SSSR count). The highest BCUT2D eigenvalue weighted by Gasteiger charge is 2.29. The number of aryl methyl sites for hydroxylation is 1. The predicted octanol–water partition coefficient (Wildman–Crippen LogP) is 0.891. The van der Waals surface area contributed by atoms with E-state index in [1.807, 2.05) is 20.0 Å². The van der Waals surface area contributed by atoms with Crippen LogP contribution in [0.15, 0.2) is 6.20 Å². The Hall–Kier alpha value is -2.20. The minimum atomic E-state index is -0.422. The van der Waals surface area contributed by atoms with Gasteiger partial charge in [0.1, 0.15) is 5.69 Å². The van der Waals surface area contributed by atoms with Crippen LogP contribution in [0.2, 0.25) is 0 Å². The summed E-state index contributed by atoms with van der Waals surface area (Å²) in [6.07, 6.45) is 2.04. The fourth-order valence-corrected chi connectivity index (χ4v) is 3.27. The number of fused-ring (bicyclic) bond motifs is 2. The molecule has 2 bridgehead atoms. The molecule has 164 valence electrons. The van der Waals surface area contributed by atoms with E-state index in [1.54, 1.807) is 23.6 Å². The van der Waals surface area contributed by atoms with Crippen LogP contribution in [0.5, 0.6) is 0 Å². The van der Waals surface area contributed by atoms with Gasteiger partial charge in [-0.2, -0.15) is 0 Å². The van der Waals surface area contributed by atoms with E-state index in [-0.39, 0.29) is 37.2 Å². The topological polar surface area (TPSA) is 110 Å². The number of nitrogens with zero attached hydrogens (tertiary/aromatic N) is 5. The number of carbonyl (C=O) groups excluding carboxylic acids is 2. The molecule has 0 saturated heterocycles. The van der Waals surface area contributed by atoms with Crippen LogP contribution in [0.25, 0.3) is 0 Å². The Kier molecular flexibility index (Phi) is 8.84. The first-order valence-electron chi connectivity index (χ1n) is 10.1. The molecule has 0 aliphatic carbocycles. The Morgan fingerprint density at radius 1 is 1.52 bits per heavy atom. The summed E-state index contributed by atoms with van der Waals surface area (Å²) < 4.78 is 12.9. The van der Waals surface area contributed by atoms with E-state index in [0.717, 1.165) is 0 Å². The quantitative estimate of drug-likeness (QED) is 0.766. The van der Waals surface area contributed by atoms with E-state index in [0.29, 0.717) is 44.8 Å². The van der Waals surface area contributed by atoms with Gasteiger partial charge in [-0.3, -0.25) is 9.48 Å². The van der Waals surface area contributed by atoms with Crippen molar-refractivity contribution in [2.24, 2.45) is 5.92 Å². The average molecular weight is 412 g/mol. The van der Waals surface area contributed by atoms with Gasteiger partial charge in [0.2, 0.25) is 5.91 Å². The second-order valence-corrected chi connectivity index (χ2v) is 7.56. The lowest BCUT2D eigenvalue weighted by Crippen LogP contribution is -2.47. The normalized spacial score (nSPS) is 22.2. The molecule has 1 N–H and O–H groups in total. The molecule has 2 heterocycles. The van der Waals surface area contributed by atoms with Crippen molar-refractivity contribution in [2.75, 3.05) is 33.4 Å². The molecular weight excluding hydrogens is 378 g/mol. The number of likely N-dealkylation sites (N-methyl/N-ethyl adjacent to an activating group) is 1. The number of carbonyl (C=O) groups is 2. The first-order chi connectivity index (χ1) is 13.8. The number of hydrogen-bond acceptors (Lipinski definition) is 7. The molecule has 0 unspecified atom stereocenters. The number of aliphatic hydroxyl groups is 1. The standard InChI is InChI=1S/C19H33N5O5/c1-5-28-19(27)22(4)11-17-14(2)9-24(15(3)12-25)18(26)7-6-8-23-10-16(13-29-17)20-21-23/h10,14-15,17,25H,5-9,11-13H2,1-4H3/t14-,15-,17-/m1/s1. The number of hydrogen-bond donors (Lipinski definition) is 1. The maximum absolute atomic E-state index is 12.8. The van der Waals surface area contributed by atoms with Crippen molar-refractivity contribution in [3.8, 4) is 0 Å². The highest BCUT2D eigenvalue weighted by atomic mass is 16.6. The Morgan fingerprint density at radius 2 is 2.28 bits per heavy atom. The van der Waals surface area contributed by atoms with Gasteiger partial charge in [0, 0.05) is 32.5 Å². The minimum Gasteiger partial charge on any atom is -0.450 e. The average Bonchev–Trinajstić information content (AvgIpc) is 3.15. The molecule has 0 radical (unpaired) electrons. The lowest BCUT2D eigenvalue weighted by atomic mass is 10.0. The summed E-state index contributed by atoms with van der Waals surface area (Å²) in [5.74, 6) is -0.101. The Morgan fingerprint density at radius 3 is 2.97 bits per heavy atom. The van der Waals surface area contributed by atoms with Gasteiger partial charge >= 0.3 is 6.09 Å². The van der Waals surface area contributed by atoms with Gasteiger partial charge in [0.05, 0.1) is 44.7 Å². The molecule has 1 aromatic rings. The van der Waals surface area contributed by atoms with Gasteiger partial charge in [0.25, 0.3) is 0 Å². The molecular formula is C19H33N5O5. The monoisotopic (exact) mass is 411 g/mol. The highest BCUT2D eigenvalue weighted by molar-refractivity contribution is 5.76. The third-order valence-corrected chi connectivity index (χ3v) is 5.08. The molecule has 1 aromatic heterocycles. The zero-order valence-electron chi connectivity index (χ0n) is 17.8. The summed E-state index contributed by atoms with van der Waals surface area (Å²) in [5, 5.41) is 17.8. The van der Waals surface area contributed by atoms with E-state index >= 15 is 0 Å². The first kappa shape index (κ1) is 23.1. The molecule has 2 amide bonds. The van der Waals surface area contributed by atoms with Crippen LogP contribution in [0.1, 0.15) is 39.3 Å². The van der Waals surface area contributed by atoms with Crippen LogP contribution in [0.4, 0.5) is 4.79 Å². The summed E-state index contributed by atoms with van der Waals surface area (Å²) in [5.41, 5.74) is 0.701. The molecule has 10 nitrogen and oxygen atoms in total. The van der Waals surface area contributed by atoms with Crippen LogP contribution >= 0.6 is 0 Å². The van der Waals surface area contributed by atoms with Crippen molar-refractivity contribution in [2.45, 2.75) is 58.9 Å². The predicted molar refractivity (Wildman–Crippen MR) is 105 cm³/mol. The second-order valence-electron chi connectivity index (χ2n) is 7.56. The van der Waals surface area contributed by atoms with Gasteiger partial charge in [-0.25, -0.2) is 4.79 Å². The van der Waals surface area contributed by atoms with Crippen LogP contribution < -0.4 is 0 Å². The number of aromatic nitrogens is 3. The molecule has 0 fully saturated rings. The third-order valence-electron chi connectivity index (χ3n) is 5.08. The van der Waals surface area contributed by atoms with E-state index in [2.05, 4.69) is 10.3 Å². The number of amides is 2. The molecule has 3 atom stereocenters. The van der Waals surface area contributed by atoms with Gasteiger partial charge in [-0.15, -0.1) is 5.10 Å². The van der Waals surface area contributed by atoms with Crippen molar-refractivity contribution < 1.29 is 24.2 Å². The van der Waals surface area contributed by atoms with E-state index in [1.165, 1.54) is 4.90 Å². The minimum absolute atomic E-state index is 0.0181. The Labute approximate surface area is 171 Å². The Balaban J connectivity index is 2.21. The van der Waals surface area contributed by atoms with Gasteiger partial charge < -0.3 is 24.4 Å². The van der Waals surface area contributed by atoms with Gasteiger partial charge in [-0.1, -0.05) is 12.1 Å². The highest BCUT2D eigenvalue weighted by Crippen LogP contribution is 2.17. The Bertz CT molecular complexity index is 667. The first-order valence-corrected chi connectivity index (χ1v) is 10.1. The molecule has 1 aliphatic heterocycles. The lowest BCUT2D eigenvalue weighted by Gasteiger charge is -2.35. The van der Waals surface area contributed by atoms with Crippen molar-refractivity contribution in [3.05, 3.63) is 11.9 Å². The van der Waals surface area contributed by atoms with E-state index < -0.39 is 6.09 Å². The maximum atomic E-state index is 12.8. The van der Waals surface area contributed by atoms with Gasteiger partial charge in [0.15, 0.2) is 0 Å². The number of rotatable bonds is 5. The van der Waals surface area contributed by atoms with Crippen molar-refractivity contribution in [3.63, 3.8) is 0 Å². The summed E-state index contributed by atoms with van der Waals surface area (Å²) in [7, 11) is 1.66. The molecule has 0 saturated carbocycles. The SMILES string of the molecule is CCOC(=O)N(C)C[C@H]1OCc2cn(nn2)CCCC(=O)N([C@H](C)CO)C[C@H]1C. The fraction of sp³-hybridized carbons (Fsp3) is 0.789. The summed E-state index contributed by atoms with van der Waals surface area (Å²) in [4.78, 5) is 28.0. The van der Waals surface area contributed by atoms with Crippen molar-refractivity contribution in [1.29, 1.82) is 0 Å². The number of ether oxygens (including phenoxy) is 2. The van der Waals surface area contributed by atoms with E-state index in [4.69, 9.17) is 9.47 Å². The van der Waals surface area contributed by atoms with Crippen LogP contribution in [0.3, 0.4) is 0 Å². The van der Waals surface area contributed by atoms with Crippen molar-refractivity contribution >= 4 is 12.0 Å². The van der Waals surface area contributed by atoms with Crippen LogP contribution in [0, 0.1) is 5.92 Å². The molecule has 10 heteroatoms. The third kappa shape index (κ3) is 6.67. The zero-order valence-corrected chi connectivity index (χ0v) is 17.8. The van der Waals surface area contributed by atoms with E-state index in [9.17, 15) is 14.7 Å². The number of aliphatic hydroxyl groups excluding tert-OH is 1. The smallest absolute Gasteiger partial charge is 0.409 e. The van der Waals surface area contributed by atoms with Crippen LogP contribution in [-0.2, 0) is 27.4 Å². The summed E-state index contributed by atoms with van der Waals surface area (Å²) in [6, 6.07) is -0.295. The van der Waals surface area contributed by atoms with Crippen LogP contribution in [-0.4, -0.2) is 87.4 Å². The lowest BCUT2D eigenvalue weighted by molar-refractivity contribution is -0.136. The van der Waals surface area contributed by atoms with Gasteiger partial charge in [-0.05, 0) is 20.3 Å². The molecule has 1 aliphatic rings. The fourth-order valence-electron chi connectivity index (χ4n) is 3.27. The summed E-state index contributed by atoms with van der Waals surface area (Å²) >= 11 is 0. The maximum Gasteiger partial charge on any atom is 0.409 e. The largest absolute Gasteiger partial charge is 0.450 e. The zero-order chi connectivity index (χ0) is 21.4. The summed E-state index contributed by atoms with van der Waals surface area (Å²) in [6.45, 7) is 7.32. The second kappa shape index (κ2) is 11.1.